The quantitative estimate of drug-likeness (QED) is 0.696. The largest absolute Gasteiger partial charge is 0.461 e. The second-order valence-electron chi connectivity index (χ2n) is 5.04. The van der Waals surface area contributed by atoms with Crippen molar-refractivity contribution in [2.24, 2.45) is 0 Å². The summed E-state index contributed by atoms with van der Waals surface area (Å²) in [5.41, 5.74) is 2.59. The lowest BCUT2D eigenvalue weighted by atomic mass is 10.3. The van der Waals surface area contributed by atoms with Crippen molar-refractivity contribution in [1.82, 2.24) is 9.55 Å². The molecule has 6 heteroatoms. The first-order valence-electron chi connectivity index (χ1n) is 8.62. The zero-order valence-corrected chi connectivity index (χ0v) is 16.4. The third-order valence-electron chi connectivity index (χ3n) is 3.42. The van der Waals surface area contributed by atoms with Crippen LogP contribution in [0.25, 0.3) is 0 Å². The van der Waals surface area contributed by atoms with Crippen LogP contribution in [-0.2, 0) is 11.3 Å². The molecule has 0 aliphatic rings. The van der Waals surface area contributed by atoms with Gasteiger partial charge in [0.15, 0.2) is 5.13 Å². The predicted octanol–water partition coefficient (Wildman–Crippen LogP) is 4.35. The molecule has 0 radical (unpaired) electrons. The smallest absolute Gasteiger partial charge is 0.354 e. The molecular formula is C18H29N3O2S. The highest BCUT2D eigenvalue weighted by Gasteiger charge is 2.15. The third kappa shape index (κ3) is 5.09. The Morgan fingerprint density at radius 2 is 1.96 bits per heavy atom. The number of carbonyl (C=O) groups is 1. The van der Waals surface area contributed by atoms with Gasteiger partial charge in [-0.3, -0.25) is 0 Å². The normalized spacial score (nSPS) is 10.1. The maximum Gasteiger partial charge on any atom is 0.354 e. The van der Waals surface area contributed by atoms with Crippen LogP contribution in [-0.4, -0.2) is 35.2 Å². The summed E-state index contributed by atoms with van der Waals surface area (Å²) in [7, 11) is 0. The first-order chi connectivity index (χ1) is 11.6. The molecule has 0 saturated heterocycles. The minimum Gasteiger partial charge on any atom is -0.461 e. The molecule has 2 heterocycles. The van der Waals surface area contributed by atoms with Gasteiger partial charge in [0.1, 0.15) is 5.69 Å². The van der Waals surface area contributed by atoms with Crippen LogP contribution in [0.3, 0.4) is 0 Å². The second-order valence-corrected chi connectivity index (χ2v) is 5.88. The van der Waals surface area contributed by atoms with E-state index in [0.29, 0.717) is 18.8 Å². The van der Waals surface area contributed by atoms with Crippen LogP contribution in [0.5, 0.6) is 0 Å². The van der Waals surface area contributed by atoms with E-state index in [1.54, 1.807) is 11.3 Å². The lowest BCUT2D eigenvalue weighted by Crippen LogP contribution is -2.21. The molecule has 0 N–H and O–H groups in total. The molecule has 0 atom stereocenters. The highest BCUT2D eigenvalue weighted by atomic mass is 32.1. The Balaban J connectivity index is 0.00000139. The monoisotopic (exact) mass is 351 g/mol. The highest BCUT2D eigenvalue weighted by molar-refractivity contribution is 7.13. The van der Waals surface area contributed by atoms with Gasteiger partial charge in [-0.15, -0.1) is 11.3 Å². The number of nitrogens with zero attached hydrogens (tertiary/aromatic N) is 3. The Kier molecular flexibility index (Phi) is 8.54. The Hall–Kier alpha value is -1.82. The lowest BCUT2D eigenvalue weighted by molar-refractivity contribution is 0.0514. The Bertz CT molecular complexity index is 630. The summed E-state index contributed by atoms with van der Waals surface area (Å²) in [4.78, 5) is 18.9. The van der Waals surface area contributed by atoms with E-state index < -0.39 is 0 Å². The summed E-state index contributed by atoms with van der Waals surface area (Å²) < 4.78 is 7.02. The number of thiazole rings is 1. The summed E-state index contributed by atoms with van der Waals surface area (Å²) in [5, 5.41) is 3.08. The molecule has 2 aromatic heterocycles. The molecule has 0 spiro atoms. The number of rotatable bonds is 7. The number of esters is 1. The van der Waals surface area contributed by atoms with Crippen LogP contribution in [0, 0.1) is 6.92 Å². The van der Waals surface area contributed by atoms with Crippen molar-refractivity contribution >= 4 is 22.4 Å². The number of ether oxygens (including phenoxy) is 1. The van der Waals surface area contributed by atoms with Gasteiger partial charge in [-0.2, -0.15) is 0 Å². The number of hydrogen-bond donors (Lipinski definition) is 0. The molecule has 2 rings (SSSR count). The zero-order chi connectivity index (χ0) is 18.1. The van der Waals surface area contributed by atoms with Gasteiger partial charge in [-0.25, -0.2) is 9.78 Å². The summed E-state index contributed by atoms with van der Waals surface area (Å²) in [6.07, 6.45) is 1.96. The SMILES string of the molecule is CC.CCOC(=O)c1cc(C)cn1Cc1csc(N(CC)CC)n1. The fourth-order valence-corrected chi connectivity index (χ4v) is 3.29. The Labute approximate surface area is 149 Å². The molecule has 0 fully saturated rings. The van der Waals surface area contributed by atoms with Crippen LogP contribution in [0.2, 0.25) is 0 Å². The number of anilines is 1. The Morgan fingerprint density at radius 1 is 1.29 bits per heavy atom. The van der Waals surface area contributed by atoms with Crippen molar-refractivity contribution in [1.29, 1.82) is 0 Å². The zero-order valence-electron chi connectivity index (χ0n) is 15.6. The van der Waals surface area contributed by atoms with Crippen molar-refractivity contribution in [3.8, 4) is 0 Å². The Morgan fingerprint density at radius 3 is 2.54 bits per heavy atom. The number of carbonyl (C=O) groups excluding carboxylic acids is 1. The molecule has 5 nitrogen and oxygen atoms in total. The average molecular weight is 352 g/mol. The van der Waals surface area contributed by atoms with Crippen molar-refractivity contribution in [2.75, 3.05) is 24.6 Å². The van der Waals surface area contributed by atoms with Crippen LogP contribution >= 0.6 is 11.3 Å². The summed E-state index contributed by atoms with van der Waals surface area (Å²) in [5.74, 6) is -0.283. The molecule has 0 unspecified atom stereocenters. The van der Waals surface area contributed by atoms with E-state index in [4.69, 9.17) is 4.74 Å². The van der Waals surface area contributed by atoms with Crippen LogP contribution in [0.4, 0.5) is 5.13 Å². The molecule has 0 amide bonds. The second kappa shape index (κ2) is 10.1. The number of aromatic nitrogens is 2. The van der Waals surface area contributed by atoms with Gasteiger partial charge in [0.25, 0.3) is 0 Å². The van der Waals surface area contributed by atoms with E-state index in [2.05, 4.69) is 29.1 Å². The molecule has 0 aliphatic carbocycles. The molecular weight excluding hydrogens is 322 g/mol. The highest BCUT2D eigenvalue weighted by Crippen LogP contribution is 2.21. The van der Waals surface area contributed by atoms with E-state index in [-0.39, 0.29) is 5.97 Å². The van der Waals surface area contributed by atoms with E-state index in [9.17, 15) is 4.79 Å². The van der Waals surface area contributed by atoms with E-state index in [1.165, 1.54) is 0 Å². The number of hydrogen-bond acceptors (Lipinski definition) is 5. The van der Waals surface area contributed by atoms with Crippen molar-refractivity contribution < 1.29 is 9.53 Å². The van der Waals surface area contributed by atoms with Crippen LogP contribution < -0.4 is 4.90 Å². The molecule has 0 saturated carbocycles. The third-order valence-corrected chi connectivity index (χ3v) is 4.37. The number of aryl methyl sites for hydroxylation is 1. The fourth-order valence-electron chi connectivity index (χ4n) is 2.35. The molecule has 24 heavy (non-hydrogen) atoms. The standard InChI is InChI=1S/C16H23N3O2S.C2H6/c1-5-18(6-2)16-17-13(11-22-16)10-19-9-12(4)8-14(19)15(20)21-7-3;1-2/h8-9,11H,5-7,10H2,1-4H3;1-2H3. The topological polar surface area (TPSA) is 47.4 Å². The summed E-state index contributed by atoms with van der Waals surface area (Å²) in [6.45, 7) is 14.9. The average Bonchev–Trinajstić information content (AvgIpc) is 3.18. The van der Waals surface area contributed by atoms with Gasteiger partial charge >= 0.3 is 5.97 Å². The maximum absolute atomic E-state index is 12.0. The maximum atomic E-state index is 12.0. The van der Waals surface area contributed by atoms with Gasteiger partial charge in [0, 0.05) is 24.7 Å². The molecule has 0 aliphatic heterocycles. The lowest BCUT2D eigenvalue weighted by Gasteiger charge is -2.16. The summed E-state index contributed by atoms with van der Waals surface area (Å²) in [6, 6.07) is 1.86. The van der Waals surface area contributed by atoms with Crippen LogP contribution in [0.15, 0.2) is 17.6 Å². The van der Waals surface area contributed by atoms with Gasteiger partial charge in [-0.1, -0.05) is 13.8 Å². The molecule has 134 valence electrons. The van der Waals surface area contributed by atoms with E-state index in [1.807, 2.05) is 44.5 Å². The summed E-state index contributed by atoms with van der Waals surface area (Å²) >= 11 is 1.64. The molecule has 0 bridgehead atoms. The van der Waals surface area contributed by atoms with Crippen LogP contribution in [0.1, 0.15) is 56.4 Å². The van der Waals surface area contributed by atoms with Gasteiger partial charge in [0.2, 0.25) is 0 Å². The molecule has 2 aromatic rings. The first-order valence-corrected chi connectivity index (χ1v) is 9.50. The van der Waals surface area contributed by atoms with Gasteiger partial charge in [-0.05, 0) is 39.3 Å². The van der Waals surface area contributed by atoms with Gasteiger partial charge in [0.05, 0.1) is 18.8 Å². The van der Waals surface area contributed by atoms with E-state index >= 15 is 0 Å². The first kappa shape index (κ1) is 20.2. The minimum atomic E-state index is -0.283. The minimum absolute atomic E-state index is 0.283. The van der Waals surface area contributed by atoms with Crippen molar-refractivity contribution in [3.63, 3.8) is 0 Å². The van der Waals surface area contributed by atoms with Gasteiger partial charge < -0.3 is 14.2 Å². The molecule has 0 aromatic carbocycles. The fraction of sp³-hybridized carbons (Fsp3) is 0.556. The van der Waals surface area contributed by atoms with Crippen molar-refractivity contribution in [2.45, 2.75) is 48.1 Å². The predicted molar refractivity (Wildman–Crippen MR) is 101 cm³/mol. The van der Waals surface area contributed by atoms with Crippen molar-refractivity contribution in [3.05, 3.63) is 34.6 Å². The van der Waals surface area contributed by atoms with E-state index in [0.717, 1.165) is 29.5 Å².